The van der Waals surface area contributed by atoms with Crippen molar-refractivity contribution in [1.29, 1.82) is 0 Å². The fraction of sp³-hybridized carbons (Fsp3) is 0.500. The maximum absolute atomic E-state index is 12.7. The summed E-state index contributed by atoms with van der Waals surface area (Å²) in [6.07, 6.45) is 7.88. The number of imidazole rings is 1. The van der Waals surface area contributed by atoms with Crippen LogP contribution in [0.5, 0.6) is 0 Å². The first-order chi connectivity index (χ1) is 11.5. The largest absolute Gasteiger partial charge is 0.322 e. The van der Waals surface area contributed by atoms with E-state index >= 15 is 0 Å². The highest BCUT2D eigenvalue weighted by molar-refractivity contribution is 7.91. The van der Waals surface area contributed by atoms with E-state index in [1.54, 1.807) is 17.2 Å². The van der Waals surface area contributed by atoms with Gasteiger partial charge in [-0.3, -0.25) is 0 Å². The zero-order valence-electron chi connectivity index (χ0n) is 13.3. The van der Waals surface area contributed by atoms with Gasteiger partial charge in [0, 0.05) is 36.9 Å². The predicted octanol–water partition coefficient (Wildman–Crippen LogP) is 1.77. The average molecular weight is 348 g/mol. The molecule has 1 saturated carbocycles. The summed E-state index contributed by atoms with van der Waals surface area (Å²) in [7, 11) is -3.07. The summed E-state index contributed by atoms with van der Waals surface area (Å²) in [4.78, 5) is 18.7. The summed E-state index contributed by atoms with van der Waals surface area (Å²) in [6, 6.07) is 3.19. The van der Waals surface area contributed by atoms with Gasteiger partial charge in [0.25, 0.3) is 0 Å². The number of urea groups is 1. The molecule has 1 saturated heterocycles. The standard InChI is InChI=1S/C16H20N4O3S/c21-16(18-13-4-7-19-8-5-17-15(19)10-13)20-6-1-9-24(22,23)11-14(20)12-2-3-12/h4-5,7-8,10,12,14H,1-3,6,9,11H2,(H,18,21). The molecule has 2 aromatic heterocycles. The Morgan fingerprint density at radius 2 is 2.12 bits per heavy atom. The fourth-order valence-corrected chi connectivity index (χ4v) is 5.07. The van der Waals surface area contributed by atoms with E-state index < -0.39 is 9.84 Å². The molecule has 1 N–H and O–H groups in total. The summed E-state index contributed by atoms with van der Waals surface area (Å²) in [5.74, 6) is 0.572. The van der Waals surface area contributed by atoms with Crippen LogP contribution < -0.4 is 5.32 Å². The Bertz CT molecular complexity index is 872. The number of hydrogen-bond donors (Lipinski definition) is 1. The third-order valence-electron chi connectivity index (χ3n) is 4.76. The molecule has 2 aliphatic rings. The van der Waals surface area contributed by atoms with E-state index in [2.05, 4.69) is 10.3 Å². The quantitative estimate of drug-likeness (QED) is 0.896. The van der Waals surface area contributed by atoms with Gasteiger partial charge in [0.2, 0.25) is 0 Å². The van der Waals surface area contributed by atoms with E-state index in [4.69, 9.17) is 0 Å². The molecule has 1 aliphatic heterocycles. The molecule has 0 aromatic carbocycles. The first-order valence-electron chi connectivity index (χ1n) is 8.23. The number of nitrogens with zero attached hydrogens (tertiary/aromatic N) is 3. The first kappa shape index (κ1) is 15.4. The minimum atomic E-state index is -3.07. The molecule has 2 amide bonds. The third kappa shape index (κ3) is 3.10. The first-order valence-corrected chi connectivity index (χ1v) is 10.0. The van der Waals surface area contributed by atoms with Crippen LogP contribution in [0.4, 0.5) is 10.5 Å². The molecule has 8 heteroatoms. The van der Waals surface area contributed by atoms with Crippen molar-refractivity contribution < 1.29 is 13.2 Å². The van der Waals surface area contributed by atoms with E-state index in [1.807, 2.05) is 22.9 Å². The SMILES string of the molecule is O=C(Nc1ccn2ccnc2c1)N1CCCS(=O)(=O)CC1C1CC1. The molecule has 1 aliphatic carbocycles. The van der Waals surface area contributed by atoms with Gasteiger partial charge in [0.05, 0.1) is 17.5 Å². The van der Waals surface area contributed by atoms with Crippen molar-refractivity contribution in [2.75, 3.05) is 23.4 Å². The Morgan fingerprint density at radius 3 is 2.92 bits per heavy atom. The molecule has 1 unspecified atom stereocenters. The number of aromatic nitrogens is 2. The normalized spacial score (nSPS) is 23.8. The van der Waals surface area contributed by atoms with Crippen LogP contribution in [-0.2, 0) is 9.84 Å². The lowest BCUT2D eigenvalue weighted by Gasteiger charge is -2.29. The molecule has 0 radical (unpaired) electrons. The van der Waals surface area contributed by atoms with Gasteiger partial charge < -0.3 is 14.6 Å². The Kier molecular flexibility index (Phi) is 3.71. The summed E-state index contributed by atoms with van der Waals surface area (Å²) in [5.41, 5.74) is 1.42. The number of carbonyl (C=O) groups excluding carboxylic acids is 1. The molecule has 2 aromatic rings. The van der Waals surface area contributed by atoms with Crippen molar-refractivity contribution in [3.8, 4) is 0 Å². The minimum Gasteiger partial charge on any atom is -0.320 e. The molecule has 7 nitrogen and oxygen atoms in total. The second-order valence-electron chi connectivity index (χ2n) is 6.60. The van der Waals surface area contributed by atoms with Gasteiger partial charge in [-0.2, -0.15) is 0 Å². The van der Waals surface area contributed by atoms with E-state index in [0.29, 0.717) is 24.6 Å². The summed E-state index contributed by atoms with van der Waals surface area (Å²) in [5, 5.41) is 2.90. The van der Waals surface area contributed by atoms with Gasteiger partial charge in [0.1, 0.15) is 5.65 Å². The summed E-state index contributed by atoms with van der Waals surface area (Å²) >= 11 is 0. The van der Waals surface area contributed by atoms with Crippen LogP contribution in [0.1, 0.15) is 19.3 Å². The molecule has 4 rings (SSSR count). The van der Waals surface area contributed by atoms with Gasteiger partial charge in [-0.25, -0.2) is 18.2 Å². The Labute approximate surface area is 140 Å². The van der Waals surface area contributed by atoms with Gasteiger partial charge in [-0.1, -0.05) is 0 Å². The van der Waals surface area contributed by atoms with E-state index in [0.717, 1.165) is 18.5 Å². The minimum absolute atomic E-state index is 0.0877. The lowest BCUT2D eigenvalue weighted by Crippen LogP contribution is -2.46. The monoisotopic (exact) mass is 348 g/mol. The maximum Gasteiger partial charge on any atom is 0.322 e. The number of amides is 2. The Hall–Kier alpha value is -2.09. The second kappa shape index (κ2) is 5.77. The fourth-order valence-electron chi connectivity index (χ4n) is 3.36. The van der Waals surface area contributed by atoms with Gasteiger partial charge in [0.15, 0.2) is 9.84 Å². The molecule has 0 bridgehead atoms. The highest BCUT2D eigenvalue weighted by Gasteiger charge is 2.41. The van der Waals surface area contributed by atoms with Crippen molar-refractivity contribution in [2.24, 2.45) is 5.92 Å². The highest BCUT2D eigenvalue weighted by atomic mass is 32.2. The van der Waals surface area contributed by atoms with E-state index in [1.165, 1.54) is 0 Å². The molecule has 24 heavy (non-hydrogen) atoms. The number of carbonyl (C=O) groups is 1. The third-order valence-corrected chi connectivity index (χ3v) is 6.52. The van der Waals surface area contributed by atoms with Crippen LogP contribution in [0.25, 0.3) is 5.65 Å². The molecule has 1 atom stereocenters. The summed E-state index contributed by atoms with van der Waals surface area (Å²) < 4.78 is 26.0. The second-order valence-corrected chi connectivity index (χ2v) is 8.83. The van der Waals surface area contributed by atoms with Crippen molar-refractivity contribution >= 4 is 27.2 Å². The lowest BCUT2D eigenvalue weighted by molar-refractivity contribution is 0.188. The summed E-state index contributed by atoms with van der Waals surface area (Å²) in [6.45, 7) is 0.484. The average Bonchev–Trinajstić information content (AvgIpc) is 3.29. The van der Waals surface area contributed by atoms with E-state index in [-0.39, 0.29) is 23.6 Å². The number of pyridine rings is 1. The van der Waals surface area contributed by atoms with Crippen LogP contribution in [0.3, 0.4) is 0 Å². The van der Waals surface area contributed by atoms with Gasteiger partial charge in [-0.15, -0.1) is 0 Å². The van der Waals surface area contributed by atoms with E-state index in [9.17, 15) is 13.2 Å². The van der Waals surface area contributed by atoms with Crippen LogP contribution in [0.15, 0.2) is 30.7 Å². The number of rotatable bonds is 2. The predicted molar refractivity (Wildman–Crippen MR) is 90.7 cm³/mol. The zero-order valence-corrected chi connectivity index (χ0v) is 14.1. The smallest absolute Gasteiger partial charge is 0.320 e. The number of hydrogen-bond acceptors (Lipinski definition) is 4. The van der Waals surface area contributed by atoms with Gasteiger partial charge >= 0.3 is 6.03 Å². The number of anilines is 1. The lowest BCUT2D eigenvalue weighted by atomic mass is 10.2. The van der Waals surface area contributed by atoms with Crippen molar-refractivity contribution in [2.45, 2.75) is 25.3 Å². The number of nitrogens with one attached hydrogen (secondary N) is 1. The molecule has 2 fully saturated rings. The van der Waals surface area contributed by atoms with Crippen LogP contribution in [-0.4, -0.2) is 52.8 Å². The topological polar surface area (TPSA) is 83.8 Å². The van der Waals surface area contributed by atoms with Crippen molar-refractivity contribution in [3.63, 3.8) is 0 Å². The highest BCUT2D eigenvalue weighted by Crippen LogP contribution is 2.37. The molecule has 3 heterocycles. The Morgan fingerprint density at radius 1 is 1.29 bits per heavy atom. The van der Waals surface area contributed by atoms with Crippen LogP contribution >= 0.6 is 0 Å². The molecule has 0 spiro atoms. The molecular formula is C16H20N4O3S. The maximum atomic E-state index is 12.7. The van der Waals surface area contributed by atoms with Gasteiger partial charge in [-0.05, 0) is 31.2 Å². The number of sulfone groups is 1. The van der Waals surface area contributed by atoms with Crippen molar-refractivity contribution in [1.82, 2.24) is 14.3 Å². The van der Waals surface area contributed by atoms with Crippen LogP contribution in [0.2, 0.25) is 0 Å². The van der Waals surface area contributed by atoms with Crippen LogP contribution in [0, 0.1) is 5.92 Å². The zero-order chi connectivity index (χ0) is 16.7. The Balaban J connectivity index is 1.55. The molecule has 128 valence electrons. The number of fused-ring (bicyclic) bond motifs is 1. The van der Waals surface area contributed by atoms with Crippen molar-refractivity contribution in [3.05, 3.63) is 30.7 Å². The molecular weight excluding hydrogens is 328 g/mol.